The summed E-state index contributed by atoms with van der Waals surface area (Å²) in [5, 5.41) is 1.10. The van der Waals surface area contributed by atoms with Crippen LogP contribution in [0.15, 0.2) is 132 Å². The summed E-state index contributed by atoms with van der Waals surface area (Å²) in [7, 11) is 0. The van der Waals surface area contributed by atoms with Crippen molar-refractivity contribution >= 4 is 11.0 Å². The van der Waals surface area contributed by atoms with Gasteiger partial charge in [0.2, 0.25) is 0 Å². The van der Waals surface area contributed by atoms with Crippen LogP contribution < -0.4 is 0 Å². The van der Waals surface area contributed by atoms with Crippen LogP contribution in [0.25, 0.3) is 56.1 Å². The largest absolute Gasteiger partial charge is 0.454 e. The molecule has 3 aromatic carbocycles. The quantitative estimate of drug-likeness (QED) is 0.170. The maximum Gasteiger partial charge on any atom is 0.153 e. The van der Waals surface area contributed by atoms with E-state index in [0.29, 0.717) is 0 Å². The Morgan fingerprint density at radius 1 is 0.595 bits per heavy atom. The van der Waals surface area contributed by atoms with Gasteiger partial charge in [-0.05, 0) is 72.8 Å². The van der Waals surface area contributed by atoms with Gasteiger partial charge in [-0.1, -0.05) is 35.9 Å². The SMILES string of the molecule is Cc1ccnc(-c2[c-]ccc(-c3ccc4oc(-c5ccccn5)cc4c3C)c2)c1.[Ir].[c-]1ccccc1-c1ccccn1. The molecule has 5 heteroatoms. The average molecular weight is 722 g/mol. The number of hydrogen-bond acceptors (Lipinski definition) is 4. The van der Waals surface area contributed by atoms with Crippen LogP contribution in [-0.4, -0.2) is 15.0 Å². The molecule has 4 aromatic heterocycles. The number of benzene rings is 3. The van der Waals surface area contributed by atoms with E-state index in [1.165, 1.54) is 16.7 Å². The Kier molecular flexibility index (Phi) is 9.13. The minimum Gasteiger partial charge on any atom is -0.454 e. The van der Waals surface area contributed by atoms with Crippen LogP contribution in [0, 0.1) is 26.0 Å². The Bertz CT molecular complexity index is 1870. The fourth-order valence-electron chi connectivity index (χ4n) is 4.74. The third-order valence-corrected chi connectivity index (χ3v) is 6.84. The number of fused-ring (bicyclic) bond motifs is 1. The van der Waals surface area contributed by atoms with Gasteiger partial charge in [0.25, 0.3) is 0 Å². The molecule has 7 aromatic rings. The third kappa shape index (κ3) is 6.44. The van der Waals surface area contributed by atoms with Crippen LogP contribution in [0.3, 0.4) is 0 Å². The minimum absolute atomic E-state index is 0. The number of aryl methyl sites for hydroxylation is 2. The molecule has 42 heavy (non-hydrogen) atoms. The molecule has 0 amide bonds. The Morgan fingerprint density at radius 3 is 2.05 bits per heavy atom. The molecule has 0 saturated carbocycles. The minimum atomic E-state index is 0. The zero-order chi connectivity index (χ0) is 28.0. The van der Waals surface area contributed by atoms with Crippen LogP contribution in [0.5, 0.6) is 0 Å². The van der Waals surface area contributed by atoms with Crippen molar-refractivity contribution in [3.8, 4) is 45.1 Å². The number of furan rings is 1. The molecule has 207 valence electrons. The van der Waals surface area contributed by atoms with E-state index in [0.717, 1.165) is 50.5 Å². The Balaban J connectivity index is 0.000000228. The van der Waals surface area contributed by atoms with Gasteiger partial charge in [0.15, 0.2) is 5.76 Å². The Labute approximate surface area is 259 Å². The molecule has 0 atom stereocenters. The molecular weight excluding hydrogens is 695 g/mol. The molecule has 0 unspecified atom stereocenters. The fraction of sp³-hybridized carbons (Fsp3) is 0.0541. The molecule has 4 nitrogen and oxygen atoms in total. The second kappa shape index (κ2) is 13.3. The van der Waals surface area contributed by atoms with Crippen molar-refractivity contribution in [1.82, 2.24) is 15.0 Å². The van der Waals surface area contributed by atoms with E-state index in [2.05, 4.69) is 71.3 Å². The summed E-state index contributed by atoms with van der Waals surface area (Å²) in [6.07, 6.45) is 5.41. The maximum atomic E-state index is 6.05. The molecule has 0 bridgehead atoms. The van der Waals surface area contributed by atoms with Gasteiger partial charge >= 0.3 is 0 Å². The summed E-state index contributed by atoms with van der Waals surface area (Å²) < 4.78 is 6.05. The summed E-state index contributed by atoms with van der Waals surface area (Å²) in [4.78, 5) is 13.1. The molecule has 0 aliphatic heterocycles. The first-order valence-electron chi connectivity index (χ1n) is 13.4. The molecule has 0 aliphatic carbocycles. The van der Waals surface area contributed by atoms with Gasteiger partial charge in [0.05, 0.1) is 0 Å². The smallest absolute Gasteiger partial charge is 0.153 e. The molecule has 1 radical (unpaired) electrons. The van der Waals surface area contributed by atoms with Gasteiger partial charge in [0, 0.05) is 44.1 Å². The summed E-state index contributed by atoms with van der Waals surface area (Å²) in [5.74, 6) is 0.784. The summed E-state index contributed by atoms with van der Waals surface area (Å²) in [5.41, 5.74) is 10.3. The Hall–Kier alpha value is -4.70. The topological polar surface area (TPSA) is 51.8 Å². The van der Waals surface area contributed by atoms with Crippen molar-refractivity contribution in [2.24, 2.45) is 0 Å². The van der Waals surface area contributed by atoms with Gasteiger partial charge in [-0.3, -0.25) is 4.98 Å². The van der Waals surface area contributed by atoms with E-state index in [-0.39, 0.29) is 20.1 Å². The standard InChI is InChI=1S/C26H19N2O.C11H8N.Ir/c1-17-11-13-28-24(14-17)20-7-5-6-19(15-20)21-9-10-25-22(18(21)2)16-26(29-25)23-8-3-4-12-27-23;1-2-6-10(7-3-1)11-8-4-5-9-12-11;/h3-6,8-16H,1-2H3;1-6,8-9H;/q2*-1;. The van der Waals surface area contributed by atoms with E-state index < -0.39 is 0 Å². The number of aromatic nitrogens is 3. The maximum absolute atomic E-state index is 6.05. The monoisotopic (exact) mass is 722 g/mol. The summed E-state index contributed by atoms with van der Waals surface area (Å²) in [6, 6.07) is 42.5. The van der Waals surface area contributed by atoms with E-state index in [9.17, 15) is 0 Å². The van der Waals surface area contributed by atoms with Crippen molar-refractivity contribution < 1.29 is 24.5 Å². The van der Waals surface area contributed by atoms with Crippen molar-refractivity contribution in [1.29, 1.82) is 0 Å². The average Bonchev–Trinajstić information content (AvgIpc) is 3.49. The van der Waals surface area contributed by atoms with Crippen LogP contribution in [0.1, 0.15) is 11.1 Å². The van der Waals surface area contributed by atoms with Gasteiger partial charge < -0.3 is 14.4 Å². The molecular formula is C37H27IrN3O-2. The molecule has 0 N–H and O–H groups in total. The van der Waals surface area contributed by atoms with Crippen molar-refractivity contribution in [2.75, 3.05) is 0 Å². The van der Waals surface area contributed by atoms with E-state index in [1.54, 1.807) is 12.4 Å². The van der Waals surface area contributed by atoms with Crippen LogP contribution >= 0.6 is 0 Å². The molecule has 0 saturated heterocycles. The number of pyridine rings is 3. The van der Waals surface area contributed by atoms with Crippen molar-refractivity contribution in [2.45, 2.75) is 13.8 Å². The van der Waals surface area contributed by atoms with Crippen LogP contribution in [0.2, 0.25) is 0 Å². The van der Waals surface area contributed by atoms with Crippen LogP contribution in [-0.2, 0) is 20.1 Å². The van der Waals surface area contributed by atoms with Gasteiger partial charge in [-0.15, -0.1) is 71.3 Å². The van der Waals surface area contributed by atoms with Crippen molar-refractivity contribution in [3.05, 3.63) is 151 Å². The first-order valence-corrected chi connectivity index (χ1v) is 13.4. The van der Waals surface area contributed by atoms with Gasteiger partial charge in [-0.25, -0.2) is 0 Å². The second-order valence-electron chi connectivity index (χ2n) is 9.68. The molecule has 0 aliphatic rings. The first-order chi connectivity index (χ1) is 20.2. The fourth-order valence-corrected chi connectivity index (χ4v) is 4.74. The predicted molar refractivity (Wildman–Crippen MR) is 165 cm³/mol. The van der Waals surface area contributed by atoms with E-state index >= 15 is 0 Å². The van der Waals surface area contributed by atoms with E-state index in [4.69, 9.17) is 4.42 Å². The first kappa shape index (κ1) is 28.8. The number of rotatable bonds is 4. The third-order valence-electron chi connectivity index (χ3n) is 6.84. The zero-order valence-electron chi connectivity index (χ0n) is 23.2. The molecule has 0 spiro atoms. The number of hydrogen-bond donors (Lipinski definition) is 0. The second-order valence-corrected chi connectivity index (χ2v) is 9.68. The summed E-state index contributed by atoms with van der Waals surface area (Å²) in [6.45, 7) is 4.21. The molecule has 4 heterocycles. The van der Waals surface area contributed by atoms with Crippen molar-refractivity contribution in [3.63, 3.8) is 0 Å². The summed E-state index contributed by atoms with van der Waals surface area (Å²) >= 11 is 0. The van der Waals surface area contributed by atoms with Crippen LogP contribution in [0.4, 0.5) is 0 Å². The predicted octanol–water partition coefficient (Wildman–Crippen LogP) is 9.19. The normalized spacial score (nSPS) is 10.4. The molecule has 0 fully saturated rings. The molecule has 7 rings (SSSR count). The van der Waals surface area contributed by atoms with Gasteiger partial charge in [0.1, 0.15) is 11.3 Å². The Morgan fingerprint density at radius 2 is 1.33 bits per heavy atom. The zero-order valence-corrected chi connectivity index (χ0v) is 25.6. The van der Waals surface area contributed by atoms with Gasteiger partial charge in [-0.2, -0.15) is 0 Å². The van der Waals surface area contributed by atoms with E-state index in [1.807, 2.05) is 85.1 Å². The number of nitrogens with zero attached hydrogens (tertiary/aromatic N) is 3.